The molecule has 0 aliphatic heterocycles. The Bertz CT molecular complexity index is 1010. The molecule has 0 bridgehead atoms. The quantitative estimate of drug-likeness (QED) is 0.175. The monoisotopic (exact) mass is 506 g/mol. The van der Waals surface area contributed by atoms with Gasteiger partial charge in [-0.3, -0.25) is 4.79 Å². The van der Waals surface area contributed by atoms with Crippen LogP contribution in [0.1, 0.15) is 89.5 Å². The molecule has 5 heteroatoms. The summed E-state index contributed by atoms with van der Waals surface area (Å²) in [5.74, 6) is -0.670. The van der Waals surface area contributed by atoms with Crippen LogP contribution in [0.15, 0.2) is 73.1 Å². The molecule has 1 heterocycles. The van der Waals surface area contributed by atoms with Gasteiger partial charge in [-0.25, -0.2) is 0 Å². The molecule has 0 amide bonds. The van der Waals surface area contributed by atoms with Gasteiger partial charge in [0.25, 0.3) is 0 Å². The number of nitrogens with zero attached hydrogens (tertiary/aromatic N) is 2. The van der Waals surface area contributed by atoms with E-state index in [1.165, 1.54) is 79.9 Å². The molecule has 2 aromatic carbocycles. The third-order valence-corrected chi connectivity index (χ3v) is 13.0. The Kier molecular flexibility index (Phi) is 10.2. The average Bonchev–Trinajstić information content (AvgIpc) is 3.34. The van der Waals surface area contributed by atoms with Crippen molar-refractivity contribution >= 4 is 29.1 Å². The van der Waals surface area contributed by atoms with Gasteiger partial charge in [0.1, 0.15) is 0 Å². The van der Waals surface area contributed by atoms with Gasteiger partial charge < -0.3 is 5.11 Å². The van der Waals surface area contributed by atoms with E-state index in [1.807, 2.05) is 0 Å². The Morgan fingerprint density at radius 2 is 1.31 bits per heavy atom. The van der Waals surface area contributed by atoms with Gasteiger partial charge in [0.05, 0.1) is 0 Å². The SMILES string of the molecule is O=C(O)CCCCCCCCCCC[PH](c1ccccc1)(c1ccccc1)c1cnn(C2CCC2)c1. The first-order chi connectivity index (χ1) is 17.7. The topological polar surface area (TPSA) is 55.1 Å². The van der Waals surface area contributed by atoms with Gasteiger partial charge in [-0.15, -0.1) is 0 Å². The van der Waals surface area contributed by atoms with Gasteiger partial charge >= 0.3 is 208 Å². The zero-order valence-corrected chi connectivity index (χ0v) is 22.7. The summed E-state index contributed by atoms with van der Waals surface area (Å²) < 4.78 is 2.25. The van der Waals surface area contributed by atoms with Crippen molar-refractivity contribution < 1.29 is 9.90 Å². The molecule has 1 aliphatic carbocycles. The number of aliphatic carboxylic acids is 1. The van der Waals surface area contributed by atoms with Gasteiger partial charge in [0.15, 0.2) is 0 Å². The Labute approximate surface area is 217 Å². The summed E-state index contributed by atoms with van der Waals surface area (Å²) in [4.78, 5) is 10.6. The van der Waals surface area contributed by atoms with Crippen LogP contribution in [0.4, 0.5) is 0 Å². The van der Waals surface area contributed by atoms with Gasteiger partial charge in [-0.2, -0.15) is 0 Å². The molecule has 0 atom stereocenters. The molecule has 1 fully saturated rings. The van der Waals surface area contributed by atoms with Crippen molar-refractivity contribution in [3.63, 3.8) is 0 Å². The van der Waals surface area contributed by atoms with Crippen molar-refractivity contribution in [3.05, 3.63) is 73.1 Å². The molecule has 194 valence electrons. The minimum atomic E-state index is -2.17. The Morgan fingerprint density at radius 1 is 0.778 bits per heavy atom. The molecule has 4 rings (SSSR count). The van der Waals surface area contributed by atoms with E-state index in [-0.39, 0.29) is 0 Å². The van der Waals surface area contributed by atoms with E-state index in [1.54, 1.807) is 0 Å². The van der Waals surface area contributed by atoms with Gasteiger partial charge in [-0.1, -0.05) is 0 Å². The summed E-state index contributed by atoms with van der Waals surface area (Å²) in [5.41, 5.74) is 0. The van der Waals surface area contributed by atoms with E-state index in [0.29, 0.717) is 12.5 Å². The van der Waals surface area contributed by atoms with Crippen molar-refractivity contribution in [1.29, 1.82) is 0 Å². The van der Waals surface area contributed by atoms with Gasteiger partial charge in [-0.05, 0) is 0 Å². The number of rotatable bonds is 16. The molecular weight excluding hydrogens is 463 g/mol. The predicted octanol–water partition coefficient (Wildman–Crippen LogP) is 6.62. The van der Waals surface area contributed by atoms with Crippen molar-refractivity contribution in [1.82, 2.24) is 9.78 Å². The fourth-order valence-corrected chi connectivity index (χ4v) is 10.5. The fourth-order valence-electron chi connectivity index (χ4n) is 5.69. The minimum absolute atomic E-state index is 0.314. The van der Waals surface area contributed by atoms with Gasteiger partial charge in [0, 0.05) is 0 Å². The number of benzene rings is 2. The third-order valence-electron chi connectivity index (χ3n) is 8.02. The number of aromatic nitrogens is 2. The van der Waals surface area contributed by atoms with E-state index in [4.69, 9.17) is 10.2 Å². The van der Waals surface area contributed by atoms with Crippen LogP contribution in [-0.2, 0) is 4.79 Å². The van der Waals surface area contributed by atoms with E-state index in [9.17, 15) is 4.79 Å². The zero-order valence-electron chi connectivity index (χ0n) is 21.7. The molecule has 3 aromatic rings. The van der Waals surface area contributed by atoms with Crippen LogP contribution in [0.3, 0.4) is 0 Å². The normalized spacial score (nSPS) is 14.4. The second kappa shape index (κ2) is 13.7. The van der Waals surface area contributed by atoms with E-state index < -0.39 is 13.2 Å². The molecule has 1 saturated carbocycles. The van der Waals surface area contributed by atoms with E-state index in [0.717, 1.165) is 19.3 Å². The number of carbonyl (C=O) groups is 1. The van der Waals surface area contributed by atoms with Crippen molar-refractivity contribution in [3.8, 4) is 0 Å². The molecule has 36 heavy (non-hydrogen) atoms. The molecular formula is C31H43N2O2P. The summed E-state index contributed by atoms with van der Waals surface area (Å²) in [7, 11) is -2.17. The molecule has 0 spiro atoms. The fraction of sp³-hybridized carbons (Fsp3) is 0.484. The second-order valence-corrected chi connectivity index (χ2v) is 14.5. The molecule has 0 unspecified atom stereocenters. The summed E-state index contributed by atoms with van der Waals surface area (Å²) in [6.45, 7) is 0. The van der Waals surface area contributed by atoms with Crippen LogP contribution in [0.25, 0.3) is 0 Å². The maximum atomic E-state index is 10.6. The van der Waals surface area contributed by atoms with Crippen LogP contribution in [0.5, 0.6) is 0 Å². The average molecular weight is 507 g/mol. The first kappa shape index (κ1) is 26.6. The maximum absolute atomic E-state index is 10.6. The molecule has 1 N–H and O–H groups in total. The molecule has 4 nitrogen and oxygen atoms in total. The van der Waals surface area contributed by atoms with Crippen LogP contribution in [-0.4, -0.2) is 27.0 Å². The summed E-state index contributed by atoms with van der Waals surface area (Å²) >= 11 is 0. The van der Waals surface area contributed by atoms with Crippen LogP contribution < -0.4 is 15.9 Å². The van der Waals surface area contributed by atoms with Crippen LogP contribution in [0, 0.1) is 0 Å². The number of carboxylic acids is 1. The predicted molar refractivity (Wildman–Crippen MR) is 154 cm³/mol. The summed E-state index contributed by atoms with van der Waals surface area (Å²) in [6, 6.07) is 23.1. The number of hydrogen-bond donors (Lipinski definition) is 1. The zero-order chi connectivity index (χ0) is 25.1. The van der Waals surface area contributed by atoms with Crippen LogP contribution in [0.2, 0.25) is 0 Å². The number of carboxylic acid groups (broad SMARTS) is 1. The molecule has 1 aliphatic rings. The Hall–Kier alpha value is -2.45. The Balaban J connectivity index is 1.41. The van der Waals surface area contributed by atoms with Crippen molar-refractivity contribution in [2.75, 3.05) is 6.16 Å². The summed E-state index contributed by atoms with van der Waals surface area (Å²) in [6.07, 6.45) is 20.5. The third kappa shape index (κ3) is 6.85. The molecule has 0 saturated heterocycles. The number of hydrogen-bond acceptors (Lipinski definition) is 2. The Morgan fingerprint density at radius 3 is 1.81 bits per heavy atom. The standard InChI is InChI=1S/C31H43N2O2P/c34-31(35)23-14-6-4-2-1-3-5-7-15-24-36(28-19-10-8-11-20-28,29-21-12-9-13-22-29)30-25-32-33(26-30)27-17-16-18-27/h8-13,19-22,25-27,36H,1-7,14-18,23-24H2,(H,34,35). The second-order valence-electron chi connectivity index (χ2n) is 10.5. The number of unbranched alkanes of at least 4 members (excludes halogenated alkanes) is 8. The van der Waals surface area contributed by atoms with Crippen molar-refractivity contribution in [2.45, 2.75) is 89.5 Å². The molecule has 1 aromatic heterocycles. The van der Waals surface area contributed by atoms with Crippen LogP contribution >= 0.6 is 7.26 Å². The van der Waals surface area contributed by atoms with E-state index >= 15 is 0 Å². The van der Waals surface area contributed by atoms with E-state index in [2.05, 4.69) is 77.7 Å². The summed E-state index contributed by atoms with van der Waals surface area (Å²) in [5, 5.41) is 18.1. The first-order valence-corrected chi connectivity index (χ1v) is 16.3. The van der Waals surface area contributed by atoms with Gasteiger partial charge in [0.2, 0.25) is 0 Å². The van der Waals surface area contributed by atoms with Crippen molar-refractivity contribution in [2.24, 2.45) is 0 Å². The molecule has 0 radical (unpaired) electrons. The first-order valence-electron chi connectivity index (χ1n) is 14.1.